The van der Waals surface area contributed by atoms with Crippen molar-refractivity contribution in [1.29, 1.82) is 0 Å². The molecule has 5 rings (SSSR count). The molecule has 0 unspecified atom stereocenters. The van der Waals surface area contributed by atoms with Crippen LogP contribution in [0.2, 0.25) is 0 Å². The van der Waals surface area contributed by atoms with Crippen molar-refractivity contribution in [2.24, 2.45) is 4.99 Å². The summed E-state index contributed by atoms with van der Waals surface area (Å²) in [7, 11) is 1.73. The molecule has 1 atom stereocenters. The molecule has 0 amide bonds. The first-order chi connectivity index (χ1) is 12.3. The molecule has 1 aliphatic carbocycles. The van der Waals surface area contributed by atoms with Crippen LogP contribution in [-0.4, -0.2) is 12.8 Å². The van der Waals surface area contributed by atoms with Crippen LogP contribution in [0.5, 0.6) is 5.75 Å². The third-order valence-electron chi connectivity index (χ3n) is 5.20. The Morgan fingerprint density at radius 1 is 0.800 bits per heavy atom. The van der Waals surface area contributed by atoms with Gasteiger partial charge < -0.3 is 4.74 Å². The monoisotopic (exact) mass is 323 g/mol. The fraction of sp³-hybridized carbons (Fsp3) is 0.0870. The molecule has 2 heteroatoms. The average molecular weight is 323 g/mol. The minimum Gasteiger partial charge on any atom is -0.496 e. The number of allylic oxidation sites excluding steroid dienone is 1. The topological polar surface area (TPSA) is 21.6 Å². The first-order valence-electron chi connectivity index (χ1n) is 8.45. The van der Waals surface area contributed by atoms with Gasteiger partial charge in [-0.3, -0.25) is 4.99 Å². The third kappa shape index (κ3) is 1.82. The highest BCUT2D eigenvalue weighted by Crippen LogP contribution is 2.52. The van der Waals surface area contributed by atoms with Crippen molar-refractivity contribution in [3.63, 3.8) is 0 Å². The smallest absolute Gasteiger partial charge is 0.123 e. The zero-order chi connectivity index (χ0) is 16.9. The molecular weight excluding hydrogens is 306 g/mol. The molecule has 0 N–H and O–H groups in total. The summed E-state index contributed by atoms with van der Waals surface area (Å²) < 4.78 is 5.72. The summed E-state index contributed by atoms with van der Waals surface area (Å²) in [5, 5.41) is 0. The predicted octanol–water partition coefficient (Wildman–Crippen LogP) is 5.14. The maximum Gasteiger partial charge on any atom is 0.123 e. The minimum absolute atomic E-state index is 0.405. The Morgan fingerprint density at radius 3 is 2.40 bits per heavy atom. The fourth-order valence-corrected chi connectivity index (χ4v) is 4.09. The normalized spacial score (nSPS) is 19.6. The van der Waals surface area contributed by atoms with E-state index >= 15 is 0 Å². The predicted molar refractivity (Wildman–Crippen MR) is 102 cm³/mol. The van der Waals surface area contributed by atoms with Gasteiger partial charge in [-0.25, -0.2) is 0 Å². The molecule has 0 spiro atoms. The number of ether oxygens (including phenoxy) is 1. The van der Waals surface area contributed by atoms with Crippen LogP contribution in [0.25, 0.3) is 6.08 Å². The second-order valence-corrected chi connectivity index (χ2v) is 6.41. The van der Waals surface area contributed by atoms with Crippen LogP contribution in [0.1, 0.15) is 22.3 Å². The number of methoxy groups -OCH3 is 1. The molecule has 3 aromatic rings. The van der Waals surface area contributed by atoms with E-state index in [1.165, 1.54) is 16.7 Å². The van der Waals surface area contributed by atoms with Gasteiger partial charge in [-0.15, -0.1) is 0 Å². The summed E-state index contributed by atoms with van der Waals surface area (Å²) in [6.45, 7) is 0. The zero-order valence-electron chi connectivity index (χ0n) is 13.9. The average Bonchev–Trinajstić information content (AvgIpc) is 3.04. The van der Waals surface area contributed by atoms with Gasteiger partial charge in [0.2, 0.25) is 0 Å². The largest absolute Gasteiger partial charge is 0.496 e. The molecular formula is C23H17NO. The molecule has 25 heavy (non-hydrogen) atoms. The van der Waals surface area contributed by atoms with Crippen molar-refractivity contribution in [3.8, 4) is 5.75 Å². The van der Waals surface area contributed by atoms with E-state index in [0.29, 0.717) is 0 Å². The summed E-state index contributed by atoms with van der Waals surface area (Å²) in [4.78, 5) is 5.05. The van der Waals surface area contributed by atoms with E-state index in [9.17, 15) is 0 Å². The van der Waals surface area contributed by atoms with E-state index < -0.39 is 5.41 Å². The Kier molecular flexibility index (Phi) is 2.95. The van der Waals surface area contributed by atoms with Gasteiger partial charge in [0.1, 0.15) is 5.75 Å². The fourth-order valence-electron chi connectivity index (χ4n) is 4.09. The highest BCUT2D eigenvalue weighted by Gasteiger charge is 2.47. The van der Waals surface area contributed by atoms with Crippen molar-refractivity contribution < 1.29 is 4.74 Å². The van der Waals surface area contributed by atoms with E-state index in [1.54, 1.807) is 7.11 Å². The highest BCUT2D eigenvalue weighted by atomic mass is 16.5. The standard InChI is InChI=1S/C23H17NO/c1-25-21-13-7-5-11-19(21)23-15-14-16-8-2-3-9-17(16)22(23)24-20-12-6-4-10-18(20)23/h2-15H,1H3/t23-/m1/s1. The molecule has 120 valence electrons. The Labute approximate surface area is 147 Å². The number of para-hydroxylation sites is 2. The Morgan fingerprint density at radius 2 is 1.52 bits per heavy atom. The Balaban J connectivity index is 1.89. The molecule has 2 aliphatic rings. The number of fused-ring (bicyclic) bond motifs is 5. The molecule has 0 aromatic heterocycles. The van der Waals surface area contributed by atoms with Gasteiger partial charge in [0.05, 0.1) is 23.9 Å². The highest BCUT2D eigenvalue weighted by molar-refractivity contribution is 6.20. The van der Waals surface area contributed by atoms with Gasteiger partial charge in [-0.1, -0.05) is 72.8 Å². The van der Waals surface area contributed by atoms with Crippen molar-refractivity contribution in [2.45, 2.75) is 5.41 Å². The third-order valence-corrected chi connectivity index (χ3v) is 5.20. The first kappa shape index (κ1) is 14.2. The van der Waals surface area contributed by atoms with E-state index in [2.05, 4.69) is 66.7 Å². The second kappa shape index (κ2) is 5.18. The maximum absolute atomic E-state index is 5.72. The van der Waals surface area contributed by atoms with Crippen LogP contribution in [-0.2, 0) is 5.41 Å². The zero-order valence-corrected chi connectivity index (χ0v) is 13.9. The maximum atomic E-state index is 5.72. The summed E-state index contributed by atoms with van der Waals surface area (Å²) in [5.41, 5.74) is 6.44. The minimum atomic E-state index is -0.405. The number of hydrogen-bond acceptors (Lipinski definition) is 2. The lowest BCUT2D eigenvalue weighted by atomic mass is 9.67. The summed E-state index contributed by atoms with van der Waals surface area (Å²) >= 11 is 0. The van der Waals surface area contributed by atoms with Crippen molar-refractivity contribution in [3.05, 3.63) is 101 Å². The summed E-state index contributed by atoms with van der Waals surface area (Å²) in [6.07, 6.45) is 4.49. The molecule has 0 saturated carbocycles. The lowest BCUT2D eigenvalue weighted by molar-refractivity contribution is 0.407. The Bertz CT molecular complexity index is 1050. The molecule has 2 nitrogen and oxygen atoms in total. The van der Waals surface area contributed by atoms with Crippen LogP contribution in [0.15, 0.2) is 83.9 Å². The van der Waals surface area contributed by atoms with E-state index in [0.717, 1.165) is 22.7 Å². The number of nitrogens with zero attached hydrogens (tertiary/aromatic N) is 1. The van der Waals surface area contributed by atoms with Gasteiger partial charge in [0.25, 0.3) is 0 Å². The lowest BCUT2D eigenvalue weighted by Gasteiger charge is -2.34. The number of rotatable bonds is 2. The summed E-state index contributed by atoms with van der Waals surface area (Å²) in [5.74, 6) is 0.885. The molecule has 0 bridgehead atoms. The van der Waals surface area contributed by atoms with Gasteiger partial charge in [0, 0.05) is 11.1 Å². The Hall–Kier alpha value is -3.13. The quantitative estimate of drug-likeness (QED) is 0.639. The van der Waals surface area contributed by atoms with Gasteiger partial charge in [-0.2, -0.15) is 0 Å². The number of hydrogen-bond donors (Lipinski definition) is 0. The number of benzene rings is 3. The van der Waals surface area contributed by atoms with Crippen LogP contribution in [0, 0.1) is 0 Å². The van der Waals surface area contributed by atoms with Gasteiger partial charge >= 0.3 is 0 Å². The summed E-state index contributed by atoms with van der Waals surface area (Å²) in [6, 6.07) is 25.1. The van der Waals surface area contributed by atoms with Crippen LogP contribution < -0.4 is 4.74 Å². The molecule has 0 fully saturated rings. The lowest BCUT2D eigenvalue weighted by Crippen LogP contribution is -2.35. The molecule has 1 aliphatic heterocycles. The second-order valence-electron chi connectivity index (χ2n) is 6.41. The van der Waals surface area contributed by atoms with Crippen LogP contribution >= 0.6 is 0 Å². The van der Waals surface area contributed by atoms with Crippen molar-refractivity contribution in [1.82, 2.24) is 0 Å². The van der Waals surface area contributed by atoms with E-state index in [-0.39, 0.29) is 0 Å². The van der Waals surface area contributed by atoms with Crippen molar-refractivity contribution in [2.75, 3.05) is 7.11 Å². The van der Waals surface area contributed by atoms with Crippen LogP contribution in [0.4, 0.5) is 5.69 Å². The molecule has 3 aromatic carbocycles. The van der Waals surface area contributed by atoms with Crippen LogP contribution in [0.3, 0.4) is 0 Å². The molecule has 1 heterocycles. The van der Waals surface area contributed by atoms with E-state index in [1.807, 2.05) is 18.2 Å². The van der Waals surface area contributed by atoms with Gasteiger partial charge in [0.15, 0.2) is 0 Å². The van der Waals surface area contributed by atoms with E-state index in [4.69, 9.17) is 9.73 Å². The molecule has 0 saturated heterocycles. The SMILES string of the molecule is COc1ccccc1[C@]12C=Cc3ccccc3C1=Nc1ccccc12. The molecule has 0 radical (unpaired) electrons. The van der Waals surface area contributed by atoms with Gasteiger partial charge in [-0.05, 0) is 23.3 Å². The van der Waals surface area contributed by atoms with Crippen molar-refractivity contribution >= 4 is 17.5 Å². The first-order valence-corrected chi connectivity index (χ1v) is 8.45. The number of aliphatic imine (C=N–C) groups is 1.